The Morgan fingerprint density at radius 3 is 2.00 bits per heavy atom. The van der Waals surface area contributed by atoms with Gasteiger partial charge in [-0.15, -0.1) is 0 Å². The number of halogens is 1. The summed E-state index contributed by atoms with van der Waals surface area (Å²) in [4.78, 5) is 12.5. The van der Waals surface area contributed by atoms with Crippen LogP contribution in [0.5, 0.6) is 5.75 Å². The van der Waals surface area contributed by atoms with Crippen molar-refractivity contribution in [3.63, 3.8) is 0 Å². The van der Waals surface area contributed by atoms with Gasteiger partial charge in [-0.3, -0.25) is 9.00 Å². The minimum absolute atomic E-state index is 0. The van der Waals surface area contributed by atoms with Gasteiger partial charge < -0.3 is 35.1 Å². The first kappa shape index (κ1) is 28.7. The third-order valence-corrected chi connectivity index (χ3v) is 6.43. The van der Waals surface area contributed by atoms with Crippen LogP contribution < -0.4 is 26.0 Å². The maximum atomic E-state index is 12.5. The van der Waals surface area contributed by atoms with Crippen molar-refractivity contribution >= 4 is 22.7 Å². The second-order valence-corrected chi connectivity index (χ2v) is 9.69. The third-order valence-electron chi connectivity index (χ3n) is 5.68. The van der Waals surface area contributed by atoms with Gasteiger partial charge in [-0.2, -0.15) is 0 Å². The van der Waals surface area contributed by atoms with Crippen LogP contribution in [0.3, 0.4) is 0 Å². The molecule has 0 saturated carbocycles. The van der Waals surface area contributed by atoms with Crippen LogP contribution in [0.25, 0.3) is 0 Å². The van der Waals surface area contributed by atoms with Crippen LogP contribution >= 0.6 is 0 Å². The Kier molecular flexibility index (Phi) is 11.6. The lowest BCUT2D eigenvalue weighted by atomic mass is 10.0. The van der Waals surface area contributed by atoms with E-state index in [0.717, 1.165) is 36.2 Å². The molecule has 0 aliphatic carbocycles. The number of ether oxygens (including phenoxy) is 1. The van der Waals surface area contributed by atoms with Crippen molar-refractivity contribution in [3.05, 3.63) is 96.1 Å². The van der Waals surface area contributed by atoms with Crippen LogP contribution in [0, 0.1) is 0 Å². The predicted molar refractivity (Wildman–Crippen MR) is 136 cm³/mol. The van der Waals surface area contributed by atoms with Crippen molar-refractivity contribution < 1.29 is 39.8 Å². The Labute approximate surface area is 221 Å². The first-order valence-corrected chi connectivity index (χ1v) is 12.5. The number of ketones is 1. The summed E-state index contributed by atoms with van der Waals surface area (Å²) in [6, 6.07) is 25.6. The van der Waals surface area contributed by atoms with E-state index >= 15 is 0 Å². The zero-order chi connectivity index (χ0) is 24.4. The second-order valence-electron chi connectivity index (χ2n) is 8.81. The number of rotatable bonds is 13. The van der Waals surface area contributed by atoms with Gasteiger partial charge in [0.15, 0.2) is 5.78 Å². The van der Waals surface area contributed by atoms with Crippen molar-refractivity contribution in [2.24, 2.45) is 0 Å². The highest BCUT2D eigenvalue weighted by Crippen LogP contribution is 2.17. The number of carbonyl (C=O) groups excluding carboxylic acids is 1. The zero-order valence-electron chi connectivity index (χ0n) is 20.1. The molecule has 0 heterocycles. The molecule has 0 fully saturated rings. The lowest BCUT2D eigenvalue weighted by Gasteiger charge is -2.32. The van der Waals surface area contributed by atoms with Crippen LogP contribution in [-0.2, 0) is 11.3 Å². The molecule has 0 spiro atoms. The fourth-order valence-electron chi connectivity index (χ4n) is 3.78. The molecule has 0 aliphatic rings. The van der Waals surface area contributed by atoms with Gasteiger partial charge in [0.1, 0.15) is 5.75 Å². The smallest absolute Gasteiger partial charge is 0.193 e. The standard InChI is InChI=1S/C27H32N2O4S.BrH/c1-29(2,20-9-19-28(34(31)32)25-13-7-4-8-14-25)21-10-22-33-26-17-15-24(16-18-26)27(30)23-11-5-3-6-12-23;/h3-8,11-18H,9-10,19-22H2,1-2H3;1H/p-1. The van der Waals surface area contributed by atoms with E-state index in [1.54, 1.807) is 24.3 Å². The number of carbonyl (C=O) groups is 1. The summed E-state index contributed by atoms with van der Waals surface area (Å²) in [5, 5.41) is 0. The molecule has 6 nitrogen and oxygen atoms in total. The molecular weight excluding hydrogens is 528 g/mol. The van der Waals surface area contributed by atoms with Gasteiger partial charge in [-0.25, -0.2) is 0 Å². The predicted octanol–water partition coefficient (Wildman–Crippen LogP) is 1.46. The number of nitrogens with zero attached hydrogens (tertiary/aromatic N) is 2. The highest BCUT2D eigenvalue weighted by Gasteiger charge is 2.16. The van der Waals surface area contributed by atoms with E-state index in [-0.39, 0.29) is 22.8 Å². The summed E-state index contributed by atoms with van der Waals surface area (Å²) in [6.07, 6.45) is 1.63. The monoisotopic (exact) mass is 559 g/mol. The van der Waals surface area contributed by atoms with E-state index < -0.39 is 11.3 Å². The molecule has 188 valence electrons. The molecule has 3 aromatic rings. The lowest BCUT2D eigenvalue weighted by Crippen LogP contribution is -3.00. The maximum Gasteiger partial charge on any atom is 0.193 e. The van der Waals surface area contributed by atoms with Crippen molar-refractivity contribution in [1.29, 1.82) is 0 Å². The molecule has 3 aromatic carbocycles. The number of benzene rings is 3. The Balaban J connectivity index is 0.00000432. The summed E-state index contributed by atoms with van der Waals surface area (Å²) in [5.41, 5.74) is 2.00. The molecular formula is C27H32BrN2O4S-. The summed E-state index contributed by atoms with van der Waals surface area (Å²) in [6.45, 7) is 2.80. The summed E-state index contributed by atoms with van der Waals surface area (Å²) < 4.78 is 31.3. The largest absolute Gasteiger partial charge is 1.00 e. The van der Waals surface area contributed by atoms with Crippen molar-refractivity contribution in [1.82, 2.24) is 0 Å². The topological polar surface area (TPSA) is 69.7 Å². The third kappa shape index (κ3) is 9.22. The van der Waals surface area contributed by atoms with Crippen molar-refractivity contribution in [3.8, 4) is 5.75 Å². The fourth-order valence-corrected chi connectivity index (χ4v) is 4.35. The maximum absolute atomic E-state index is 12.5. The van der Waals surface area contributed by atoms with E-state index in [2.05, 4.69) is 14.1 Å². The molecule has 0 amide bonds. The first-order chi connectivity index (χ1) is 16.4. The molecule has 0 aliphatic heterocycles. The van der Waals surface area contributed by atoms with Crippen LogP contribution in [0.15, 0.2) is 84.9 Å². The zero-order valence-corrected chi connectivity index (χ0v) is 22.5. The molecule has 3 rings (SSSR count). The molecule has 0 aromatic heterocycles. The first-order valence-electron chi connectivity index (χ1n) is 11.4. The Morgan fingerprint density at radius 1 is 0.857 bits per heavy atom. The molecule has 35 heavy (non-hydrogen) atoms. The van der Waals surface area contributed by atoms with Gasteiger partial charge in [-0.1, -0.05) is 48.5 Å². The Bertz CT molecular complexity index is 1060. The van der Waals surface area contributed by atoms with E-state index in [1.165, 1.54) is 4.31 Å². The van der Waals surface area contributed by atoms with Crippen LogP contribution in [0.1, 0.15) is 28.8 Å². The second kappa shape index (κ2) is 14.1. The molecule has 0 bridgehead atoms. The Morgan fingerprint density at radius 2 is 1.40 bits per heavy atom. The SMILES string of the molecule is C[N+](C)(CCCOc1ccc(C(=O)c2ccccc2)cc1)CCCN(c1ccccc1)S(=O)[O-].[Br-]. The number of para-hydroxylation sites is 1. The average Bonchev–Trinajstić information content (AvgIpc) is 2.85. The highest BCUT2D eigenvalue weighted by atomic mass is 79.9. The van der Waals surface area contributed by atoms with E-state index in [0.29, 0.717) is 30.0 Å². The van der Waals surface area contributed by atoms with E-state index in [9.17, 15) is 13.6 Å². The molecule has 1 unspecified atom stereocenters. The normalized spacial score (nSPS) is 11.9. The van der Waals surface area contributed by atoms with Crippen molar-refractivity contribution in [2.45, 2.75) is 12.8 Å². The van der Waals surface area contributed by atoms with E-state index in [1.807, 2.05) is 60.7 Å². The van der Waals surface area contributed by atoms with Gasteiger partial charge >= 0.3 is 0 Å². The fraction of sp³-hybridized carbons (Fsp3) is 0.296. The quantitative estimate of drug-likeness (QED) is 0.137. The molecule has 8 heteroatoms. The summed E-state index contributed by atoms with van der Waals surface area (Å²) >= 11 is -2.29. The minimum atomic E-state index is -2.29. The van der Waals surface area contributed by atoms with Gasteiger partial charge in [-0.05, 0) is 36.4 Å². The van der Waals surface area contributed by atoms with Crippen LogP contribution in [-0.4, -0.2) is 59.4 Å². The van der Waals surface area contributed by atoms with Gasteiger partial charge in [0, 0.05) is 47.5 Å². The lowest BCUT2D eigenvalue weighted by molar-refractivity contribution is -0.890. The summed E-state index contributed by atoms with van der Waals surface area (Å²) in [7, 11) is 4.29. The molecule has 0 saturated heterocycles. The van der Waals surface area contributed by atoms with Crippen molar-refractivity contribution in [2.75, 3.05) is 44.6 Å². The number of hydrogen-bond acceptors (Lipinski definition) is 4. The average molecular weight is 561 g/mol. The van der Waals surface area contributed by atoms with Crippen LogP contribution in [0.2, 0.25) is 0 Å². The minimum Gasteiger partial charge on any atom is -1.00 e. The molecule has 0 N–H and O–H groups in total. The van der Waals surface area contributed by atoms with Crippen LogP contribution in [0.4, 0.5) is 5.69 Å². The van der Waals surface area contributed by atoms with E-state index in [4.69, 9.17) is 4.74 Å². The highest BCUT2D eigenvalue weighted by molar-refractivity contribution is 7.80. The molecule has 0 radical (unpaired) electrons. The van der Waals surface area contributed by atoms with Gasteiger partial charge in [0.2, 0.25) is 0 Å². The van der Waals surface area contributed by atoms with Gasteiger partial charge in [0.05, 0.1) is 33.8 Å². The summed E-state index contributed by atoms with van der Waals surface area (Å²) in [5.74, 6) is 0.740. The number of hydrogen-bond donors (Lipinski definition) is 0. The number of anilines is 1. The Hall–Kier alpha value is -2.52. The number of quaternary nitrogens is 1. The van der Waals surface area contributed by atoms with Gasteiger partial charge in [0.25, 0.3) is 0 Å². The molecule has 1 atom stereocenters.